The lowest BCUT2D eigenvalue weighted by atomic mass is 10.1. The van der Waals surface area contributed by atoms with E-state index in [1.54, 1.807) is 18.5 Å². The van der Waals surface area contributed by atoms with Crippen LogP contribution in [0.5, 0.6) is 0 Å². The van der Waals surface area contributed by atoms with Crippen molar-refractivity contribution in [2.75, 3.05) is 12.8 Å². The fourth-order valence-electron chi connectivity index (χ4n) is 2.11. The van der Waals surface area contributed by atoms with Crippen molar-refractivity contribution in [2.24, 2.45) is 0 Å². The van der Waals surface area contributed by atoms with Crippen LogP contribution in [-0.4, -0.2) is 36.4 Å². The molecule has 0 saturated heterocycles. The van der Waals surface area contributed by atoms with Crippen molar-refractivity contribution in [3.63, 3.8) is 0 Å². The van der Waals surface area contributed by atoms with E-state index in [1.807, 2.05) is 37.3 Å². The summed E-state index contributed by atoms with van der Waals surface area (Å²) < 4.78 is 25.1. The first-order valence-electron chi connectivity index (χ1n) is 7.51. The number of hydrogen-bond acceptors (Lipinski definition) is 4. The van der Waals surface area contributed by atoms with Gasteiger partial charge in [-0.05, 0) is 24.1 Å². The molecule has 2 rings (SSSR count). The van der Waals surface area contributed by atoms with Gasteiger partial charge in [0, 0.05) is 25.5 Å². The third-order valence-corrected chi connectivity index (χ3v) is 4.68. The minimum absolute atomic E-state index is 0.166. The molecule has 2 aromatic rings. The molecule has 7 heteroatoms. The summed E-state index contributed by atoms with van der Waals surface area (Å²) in [5.74, 6) is -0.351. The summed E-state index contributed by atoms with van der Waals surface area (Å²) >= 11 is 0. The lowest BCUT2D eigenvalue weighted by Crippen LogP contribution is -2.39. The van der Waals surface area contributed by atoms with E-state index >= 15 is 0 Å². The van der Waals surface area contributed by atoms with Crippen LogP contribution in [0.25, 0.3) is 0 Å². The van der Waals surface area contributed by atoms with Crippen LogP contribution in [0.3, 0.4) is 0 Å². The van der Waals surface area contributed by atoms with Crippen LogP contribution in [0.1, 0.15) is 16.7 Å². The van der Waals surface area contributed by atoms with E-state index < -0.39 is 10.0 Å². The van der Waals surface area contributed by atoms with Crippen LogP contribution in [0.2, 0.25) is 0 Å². The van der Waals surface area contributed by atoms with Crippen molar-refractivity contribution in [3.05, 3.63) is 65.5 Å². The highest BCUT2D eigenvalue weighted by Gasteiger charge is 2.20. The molecule has 0 radical (unpaired) electrons. The van der Waals surface area contributed by atoms with Crippen molar-refractivity contribution >= 4 is 15.9 Å². The van der Waals surface area contributed by atoms with Crippen molar-refractivity contribution < 1.29 is 13.2 Å². The van der Waals surface area contributed by atoms with Gasteiger partial charge in [-0.15, -0.1) is 0 Å². The second-order valence-electron chi connectivity index (χ2n) is 5.65. The highest BCUT2D eigenvalue weighted by atomic mass is 32.2. The molecular weight excluding hydrogens is 326 g/mol. The summed E-state index contributed by atoms with van der Waals surface area (Å²) in [5.41, 5.74) is 2.79. The Kier molecular flexibility index (Phi) is 6.05. The van der Waals surface area contributed by atoms with Crippen molar-refractivity contribution in [1.29, 1.82) is 0 Å². The summed E-state index contributed by atoms with van der Waals surface area (Å²) in [6.07, 6.45) is 4.41. The zero-order valence-corrected chi connectivity index (χ0v) is 14.6. The molecule has 0 aliphatic rings. The van der Waals surface area contributed by atoms with Gasteiger partial charge < -0.3 is 5.32 Å². The van der Waals surface area contributed by atoms with Crippen LogP contribution in [-0.2, 0) is 27.9 Å². The number of rotatable bonds is 7. The predicted octanol–water partition coefficient (Wildman–Crippen LogP) is 1.47. The summed E-state index contributed by atoms with van der Waals surface area (Å²) in [4.78, 5) is 16.0. The van der Waals surface area contributed by atoms with Crippen LogP contribution < -0.4 is 5.32 Å². The van der Waals surface area contributed by atoms with E-state index in [0.717, 1.165) is 27.3 Å². The number of carbonyl (C=O) groups is 1. The van der Waals surface area contributed by atoms with Crippen LogP contribution in [0.4, 0.5) is 0 Å². The number of hydrogen-bond donors (Lipinski definition) is 1. The van der Waals surface area contributed by atoms with Gasteiger partial charge >= 0.3 is 0 Å². The zero-order chi connectivity index (χ0) is 17.6. The third-order valence-electron chi connectivity index (χ3n) is 3.48. The average Bonchev–Trinajstić information content (AvgIpc) is 2.54. The fourth-order valence-corrected chi connectivity index (χ4v) is 2.84. The normalized spacial score (nSPS) is 11.5. The molecule has 0 atom stereocenters. The summed E-state index contributed by atoms with van der Waals surface area (Å²) in [6.45, 7) is 2.23. The zero-order valence-electron chi connectivity index (χ0n) is 13.8. The molecule has 0 unspecified atom stereocenters. The standard InChI is InChI=1S/C17H21N3O3S/c1-14-5-7-15(8-6-14)12-20(24(2,22)23)13-17(21)19-11-16-4-3-9-18-10-16/h3-10H,11-13H2,1-2H3,(H,19,21). The number of aromatic nitrogens is 1. The van der Waals surface area contributed by atoms with Crippen molar-refractivity contribution in [1.82, 2.24) is 14.6 Å². The minimum atomic E-state index is -3.49. The highest BCUT2D eigenvalue weighted by Crippen LogP contribution is 2.09. The summed E-state index contributed by atoms with van der Waals surface area (Å²) in [6, 6.07) is 11.2. The largest absolute Gasteiger partial charge is 0.351 e. The first-order chi connectivity index (χ1) is 11.3. The summed E-state index contributed by atoms with van der Waals surface area (Å²) in [7, 11) is -3.49. The van der Waals surface area contributed by atoms with Gasteiger partial charge in [-0.2, -0.15) is 4.31 Å². The van der Waals surface area contributed by atoms with Gasteiger partial charge in [0.25, 0.3) is 0 Å². The second kappa shape index (κ2) is 8.03. The molecule has 1 heterocycles. The van der Waals surface area contributed by atoms with Gasteiger partial charge in [-0.3, -0.25) is 9.78 Å². The smallest absolute Gasteiger partial charge is 0.235 e. The number of carbonyl (C=O) groups excluding carboxylic acids is 1. The Bertz CT molecular complexity index is 774. The molecule has 0 saturated carbocycles. The van der Waals surface area contributed by atoms with E-state index in [2.05, 4.69) is 10.3 Å². The number of nitrogens with one attached hydrogen (secondary N) is 1. The molecular formula is C17H21N3O3S. The van der Waals surface area contributed by atoms with E-state index in [1.165, 1.54) is 0 Å². The van der Waals surface area contributed by atoms with E-state index in [0.29, 0.717) is 6.54 Å². The molecule has 1 aromatic carbocycles. The Morgan fingerprint density at radius 2 is 1.88 bits per heavy atom. The second-order valence-corrected chi connectivity index (χ2v) is 7.64. The van der Waals surface area contributed by atoms with Crippen molar-refractivity contribution in [3.8, 4) is 0 Å². The van der Waals surface area contributed by atoms with Gasteiger partial charge in [0.1, 0.15) is 0 Å². The van der Waals surface area contributed by atoms with Crippen LogP contribution in [0.15, 0.2) is 48.8 Å². The van der Waals surface area contributed by atoms with E-state index in [4.69, 9.17) is 0 Å². The van der Waals surface area contributed by atoms with Crippen LogP contribution >= 0.6 is 0 Å². The number of nitrogens with zero attached hydrogens (tertiary/aromatic N) is 2. The first kappa shape index (κ1) is 18.1. The molecule has 0 aliphatic heterocycles. The van der Waals surface area contributed by atoms with E-state index in [-0.39, 0.29) is 19.0 Å². The number of amides is 1. The molecule has 0 aliphatic carbocycles. The quantitative estimate of drug-likeness (QED) is 0.822. The first-order valence-corrected chi connectivity index (χ1v) is 9.36. The maximum Gasteiger partial charge on any atom is 0.235 e. The van der Waals surface area contributed by atoms with Gasteiger partial charge in [-0.25, -0.2) is 8.42 Å². The molecule has 1 N–H and O–H groups in total. The molecule has 0 bridgehead atoms. The number of aryl methyl sites for hydroxylation is 1. The fraction of sp³-hybridized carbons (Fsp3) is 0.294. The van der Waals surface area contributed by atoms with Gasteiger partial charge in [0.2, 0.25) is 15.9 Å². The molecule has 128 valence electrons. The highest BCUT2D eigenvalue weighted by molar-refractivity contribution is 7.88. The Balaban J connectivity index is 1.98. The molecule has 24 heavy (non-hydrogen) atoms. The van der Waals surface area contributed by atoms with Crippen LogP contribution in [0, 0.1) is 6.92 Å². The van der Waals surface area contributed by atoms with Crippen molar-refractivity contribution in [2.45, 2.75) is 20.0 Å². The third kappa shape index (κ3) is 5.75. The SMILES string of the molecule is Cc1ccc(CN(CC(=O)NCc2cccnc2)S(C)(=O)=O)cc1. The number of benzene rings is 1. The maximum atomic E-state index is 12.1. The monoisotopic (exact) mass is 347 g/mol. The lowest BCUT2D eigenvalue weighted by molar-refractivity contribution is -0.121. The lowest BCUT2D eigenvalue weighted by Gasteiger charge is -2.19. The van der Waals surface area contributed by atoms with Gasteiger partial charge in [-0.1, -0.05) is 35.9 Å². The topological polar surface area (TPSA) is 79.4 Å². The molecule has 0 spiro atoms. The minimum Gasteiger partial charge on any atom is -0.351 e. The Labute approximate surface area is 142 Å². The Hall–Kier alpha value is -2.25. The maximum absolute atomic E-state index is 12.1. The predicted molar refractivity (Wildman–Crippen MR) is 92.5 cm³/mol. The van der Waals surface area contributed by atoms with E-state index in [9.17, 15) is 13.2 Å². The average molecular weight is 347 g/mol. The van der Waals surface area contributed by atoms with Gasteiger partial charge in [0.15, 0.2) is 0 Å². The Morgan fingerprint density at radius 1 is 1.17 bits per heavy atom. The Morgan fingerprint density at radius 3 is 2.46 bits per heavy atom. The van der Waals surface area contributed by atoms with Gasteiger partial charge in [0.05, 0.1) is 12.8 Å². The summed E-state index contributed by atoms with van der Waals surface area (Å²) in [5, 5.41) is 2.71. The molecule has 0 fully saturated rings. The molecule has 1 amide bonds. The molecule has 1 aromatic heterocycles. The number of pyridine rings is 1. The number of sulfonamides is 1. The molecule has 6 nitrogen and oxygen atoms in total.